The standard InChI is InChI=1S/C22H30O4/c1-2-3-4-5-6-7-8-12-15-18-19(21(23)24)16-20(26-22(18)25)17-13-10-9-11-14-17/h9-11,13-14,16,18-19H,2-8,12,15H2,1H3,(H,23,24). The van der Waals surface area contributed by atoms with E-state index in [-0.39, 0.29) is 0 Å². The molecule has 0 saturated carbocycles. The van der Waals surface area contributed by atoms with Crippen LogP contribution in [-0.2, 0) is 14.3 Å². The van der Waals surface area contributed by atoms with Gasteiger partial charge in [0.2, 0.25) is 0 Å². The van der Waals surface area contributed by atoms with Crippen molar-refractivity contribution in [2.45, 2.75) is 64.7 Å². The molecule has 2 atom stereocenters. The van der Waals surface area contributed by atoms with Crippen LogP contribution in [0.5, 0.6) is 0 Å². The number of carbonyl (C=O) groups excluding carboxylic acids is 1. The van der Waals surface area contributed by atoms with E-state index < -0.39 is 23.8 Å². The van der Waals surface area contributed by atoms with Crippen molar-refractivity contribution in [3.05, 3.63) is 42.0 Å². The number of ether oxygens (including phenoxy) is 1. The van der Waals surface area contributed by atoms with E-state index >= 15 is 0 Å². The van der Waals surface area contributed by atoms with Crippen LogP contribution in [0.1, 0.15) is 70.3 Å². The number of carboxylic acids is 1. The first-order valence-corrected chi connectivity index (χ1v) is 9.85. The molecule has 0 saturated heterocycles. The third-order valence-electron chi connectivity index (χ3n) is 4.99. The summed E-state index contributed by atoms with van der Waals surface area (Å²) in [6, 6.07) is 9.18. The second kappa shape index (κ2) is 10.8. The van der Waals surface area contributed by atoms with Crippen molar-refractivity contribution in [3.8, 4) is 0 Å². The fourth-order valence-corrected chi connectivity index (χ4v) is 3.44. The molecule has 1 aliphatic rings. The Morgan fingerprint density at radius 2 is 1.62 bits per heavy atom. The minimum atomic E-state index is -0.959. The van der Waals surface area contributed by atoms with Gasteiger partial charge < -0.3 is 9.84 Å². The summed E-state index contributed by atoms with van der Waals surface area (Å²) in [7, 11) is 0. The maximum atomic E-state index is 12.4. The van der Waals surface area contributed by atoms with Crippen LogP contribution in [-0.4, -0.2) is 17.0 Å². The maximum Gasteiger partial charge on any atom is 0.315 e. The summed E-state index contributed by atoms with van der Waals surface area (Å²) in [5, 5.41) is 9.56. The lowest BCUT2D eigenvalue weighted by atomic mass is 9.85. The number of aliphatic carboxylic acids is 1. The lowest BCUT2D eigenvalue weighted by Crippen LogP contribution is -2.33. The lowest BCUT2D eigenvalue weighted by molar-refractivity contribution is -0.153. The molecule has 26 heavy (non-hydrogen) atoms. The summed E-state index contributed by atoms with van der Waals surface area (Å²) in [6.45, 7) is 2.21. The average Bonchev–Trinajstić information content (AvgIpc) is 2.65. The first kappa shape index (κ1) is 20.2. The zero-order valence-electron chi connectivity index (χ0n) is 15.7. The van der Waals surface area contributed by atoms with Crippen LogP contribution in [0.15, 0.2) is 36.4 Å². The van der Waals surface area contributed by atoms with Gasteiger partial charge in [0.15, 0.2) is 0 Å². The van der Waals surface area contributed by atoms with Gasteiger partial charge in [-0.15, -0.1) is 0 Å². The van der Waals surface area contributed by atoms with Crippen LogP contribution in [0.2, 0.25) is 0 Å². The SMILES string of the molecule is CCCCCCCCCCC1C(=O)OC(c2ccccc2)=CC1C(=O)O. The highest BCUT2D eigenvalue weighted by atomic mass is 16.5. The third kappa shape index (κ3) is 6.01. The normalized spacial score (nSPS) is 19.7. The molecular formula is C22H30O4. The van der Waals surface area contributed by atoms with Gasteiger partial charge in [0.05, 0.1) is 11.8 Å². The molecule has 0 aromatic heterocycles. The molecule has 1 N–H and O–H groups in total. The van der Waals surface area contributed by atoms with E-state index in [2.05, 4.69) is 6.92 Å². The fraction of sp³-hybridized carbons (Fsp3) is 0.545. The fourth-order valence-electron chi connectivity index (χ4n) is 3.44. The minimum absolute atomic E-state index is 0.357. The van der Waals surface area contributed by atoms with Gasteiger partial charge in [-0.25, -0.2) is 0 Å². The summed E-state index contributed by atoms with van der Waals surface area (Å²) in [4.78, 5) is 24.1. The summed E-state index contributed by atoms with van der Waals surface area (Å²) in [5.41, 5.74) is 0.734. The molecule has 0 aliphatic carbocycles. The number of carbonyl (C=O) groups is 2. The molecule has 1 aliphatic heterocycles. The monoisotopic (exact) mass is 358 g/mol. The number of rotatable bonds is 11. The van der Waals surface area contributed by atoms with E-state index in [0.717, 1.165) is 24.8 Å². The number of benzene rings is 1. The molecule has 0 fully saturated rings. The Morgan fingerprint density at radius 1 is 1.00 bits per heavy atom. The zero-order valence-corrected chi connectivity index (χ0v) is 15.7. The topological polar surface area (TPSA) is 63.6 Å². The molecular weight excluding hydrogens is 328 g/mol. The first-order chi connectivity index (χ1) is 12.6. The van der Waals surface area contributed by atoms with Crippen molar-refractivity contribution in [2.24, 2.45) is 11.8 Å². The summed E-state index contributed by atoms with van der Waals surface area (Å²) in [6.07, 6.45) is 11.5. The van der Waals surface area contributed by atoms with E-state index in [0.29, 0.717) is 12.2 Å². The zero-order chi connectivity index (χ0) is 18.8. The van der Waals surface area contributed by atoms with Crippen molar-refractivity contribution in [2.75, 3.05) is 0 Å². The van der Waals surface area contributed by atoms with Crippen molar-refractivity contribution in [1.29, 1.82) is 0 Å². The second-order valence-corrected chi connectivity index (χ2v) is 7.05. The lowest BCUT2D eigenvalue weighted by Gasteiger charge is -2.26. The van der Waals surface area contributed by atoms with Gasteiger partial charge >= 0.3 is 11.9 Å². The van der Waals surface area contributed by atoms with E-state index in [4.69, 9.17) is 4.74 Å². The third-order valence-corrected chi connectivity index (χ3v) is 4.99. The van der Waals surface area contributed by atoms with Crippen molar-refractivity contribution in [3.63, 3.8) is 0 Å². The molecule has 0 amide bonds. The second-order valence-electron chi connectivity index (χ2n) is 7.05. The molecule has 1 aromatic rings. The number of hydrogen-bond donors (Lipinski definition) is 1. The van der Waals surface area contributed by atoms with Crippen LogP contribution < -0.4 is 0 Å². The Morgan fingerprint density at radius 3 is 2.23 bits per heavy atom. The predicted octanol–water partition coefficient (Wildman–Crippen LogP) is 5.43. The predicted molar refractivity (Wildman–Crippen MR) is 102 cm³/mol. The maximum absolute atomic E-state index is 12.4. The summed E-state index contributed by atoms with van der Waals surface area (Å²) in [5.74, 6) is -2.41. The van der Waals surface area contributed by atoms with Gasteiger partial charge in [0, 0.05) is 5.56 Å². The highest BCUT2D eigenvalue weighted by Gasteiger charge is 2.38. The molecule has 0 radical (unpaired) electrons. The number of hydrogen-bond acceptors (Lipinski definition) is 3. The van der Waals surface area contributed by atoms with E-state index in [1.807, 2.05) is 30.3 Å². The Bertz CT molecular complexity index is 606. The number of carboxylic acid groups (broad SMARTS) is 1. The van der Waals surface area contributed by atoms with E-state index in [9.17, 15) is 14.7 Å². The number of esters is 1. The molecule has 2 unspecified atom stereocenters. The molecule has 1 heterocycles. The minimum Gasteiger partial charge on any atom is -0.481 e. The highest BCUT2D eigenvalue weighted by Crippen LogP contribution is 2.33. The van der Waals surface area contributed by atoms with Gasteiger partial charge in [0.1, 0.15) is 5.76 Å². The molecule has 0 spiro atoms. The van der Waals surface area contributed by atoms with Gasteiger partial charge in [-0.05, 0) is 12.5 Å². The largest absolute Gasteiger partial charge is 0.481 e. The van der Waals surface area contributed by atoms with Crippen LogP contribution in [0.4, 0.5) is 0 Å². The van der Waals surface area contributed by atoms with Gasteiger partial charge in [-0.1, -0.05) is 88.6 Å². The van der Waals surface area contributed by atoms with Crippen LogP contribution in [0.3, 0.4) is 0 Å². The molecule has 4 nitrogen and oxygen atoms in total. The van der Waals surface area contributed by atoms with Gasteiger partial charge in [-0.3, -0.25) is 9.59 Å². The molecule has 2 rings (SSSR count). The van der Waals surface area contributed by atoms with Crippen LogP contribution in [0, 0.1) is 11.8 Å². The Balaban J connectivity index is 1.87. The highest BCUT2D eigenvalue weighted by molar-refractivity contribution is 5.90. The van der Waals surface area contributed by atoms with E-state index in [1.165, 1.54) is 32.1 Å². The average molecular weight is 358 g/mol. The van der Waals surface area contributed by atoms with Gasteiger partial charge in [0.25, 0.3) is 0 Å². The van der Waals surface area contributed by atoms with E-state index in [1.54, 1.807) is 6.08 Å². The Hall–Kier alpha value is -2.10. The molecule has 4 heteroatoms. The van der Waals surface area contributed by atoms with Gasteiger partial charge in [-0.2, -0.15) is 0 Å². The molecule has 1 aromatic carbocycles. The van der Waals surface area contributed by atoms with Crippen LogP contribution >= 0.6 is 0 Å². The quantitative estimate of drug-likeness (QED) is 0.423. The Labute approximate surface area is 156 Å². The van der Waals surface area contributed by atoms with Crippen molar-refractivity contribution < 1.29 is 19.4 Å². The summed E-state index contributed by atoms with van der Waals surface area (Å²) >= 11 is 0. The Kier molecular flexibility index (Phi) is 8.39. The number of cyclic esters (lactones) is 1. The smallest absolute Gasteiger partial charge is 0.315 e. The van der Waals surface area contributed by atoms with Crippen LogP contribution in [0.25, 0.3) is 5.76 Å². The van der Waals surface area contributed by atoms with Crippen molar-refractivity contribution >= 4 is 17.7 Å². The first-order valence-electron chi connectivity index (χ1n) is 9.85. The number of unbranched alkanes of at least 4 members (excludes halogenated alkanes) is 7. The summed E-state index contributed by atoms with van der Waals surface area (Å²) < 4.78 is 5.45. The molecule has 0 bridgehead atoms. The van der Waals surface area contributed by atoms with Crippen molar-refractivity contribution in [1.82, 2.24) is 0 Å². The molecule has 142 valence electrons.